The number of nitrogens with one attached hydrogen (secondary N) is 2. The van der Waals surface area contributed by atoms with E-state index in [2.05, 4.69) is 20.0 Å². The molecule has 0 fully saturated rings. The molecule has 0 radical (unpaired) electrons. The van der Waals surface area contributed by atoms with Crippen LogP contribution in [0.5, 0.6) is 0 Å². The Labute approximate surface area is 197 Å². The molecule has 0 atom stereocenters. The number of nitrogens with zero attached hydrogens (tertiary/aromatic N) is 2. The normalized spacial score (nSPS) is 11.5. The number of hydrogen-bond donors (Lipinski definition) is 2. The molecule has 0 saturated heterocycles. The first-order chi connectivity index (χ1) is 16.2. The van der Waals surface area contributed by atoms with E-state index in [1.807, 2.05) is 25.1 Å². The fourth-order valence-corrected chi connectivity index (χ4v) is 4.47. The number of anilines is 1. The quantitative estimate of drug-likeness (QED) is 0.365. The number of halogens is 1. The maximum atomic E-state index is 14.1. The molecular formula is C25H23FN4O3S. The van der Waals surface area contributed by atoms with Crippen molar-refractivity contribution in [2.24, 2.45) is 0 Å². The first kappa shape index (κ1) is 23.5. The zero-order valence-electron chi connectivity index (χ0n) is 18.7. The van der Waals surface area contributed by atoms with Gasteiger partial charge in [-0.1, -0.05) is 42.5 Å². The minimum atomic E-state index is -3.85. The Bertz CT molecular complexity index is 1470. The maximum absolute atomic E-state index is 14.1. The summed E-state index contributed by atoms with van der Waals surface area (Å²) in [6.45, 7) is 3.38. The SMILES string of the molecule is CC(=O)c1ccc(S(=O)(=O)NCc2nc(NCc3ccccc3F)c3cccc(C)c3n2)cc1. The van der Waals surface area contributed by atoms with Crippen LogP contribution in [-0.2, 0) is 23.1 Å². The lowest BCUT2D eigenvalue weighted by Crippen LogP contribution is -2.24. The smallest absolute Gasteiger partial charge is 0.240 e. The Hall–Kier alpha value is -3.69. The molecule has 1 heterocycles. The molecule has 34 heavy (non-hydrogen) atoms. The van der Waals surface area contributed by atoms with Crippen molar-refractivity contribution >= 4 is 32.5 Å². The lowest BCUT2D eigenvalue weighted by atomic mass is 10.1. The molecule has 174 valence electrons. The number of aromatic nitrogens is 2. The minimum absolute atomic E-state index is 0.0346. The van der Waals surface area contributed by atoms with Gasteiger partial charge in [0.05, 0.1) is 17.0 Å². The second kappa shape index (κ2) is 9.66. The van der Waals surface area contributed by atoms with Crippen molar-refractivity contribution in [1.82, 2.24) is 14.7 Å². The number of ketones is 1. The average molecular weight is 479 g/mol. The molecule has 0 amide bonds. The number of carbonyl (C=O) groups excluding carboxylic acids is 1. The Morgan fingerprint density at radius 2 is 1.68 bits per heavy atom. The molecule has 0 bridgehead atoms. The van der Waals surface area contributed by atoms with Crippen LogP contribution in [0.3, 0.4) is 0 Å². The highest BCUT2D eigenvalue weighted by atomic mass is 32.2. The Balaban J connectivity index is 1.60. The summed E-state index contributed by atoms with van der Waals surface area (Å²) >= 11 is 0. The number of sulfonamides is 1. The molecule has 4 aromatic rings. The summed E-state index contributed by atoms with van der Waals surface area (Å²) < 4.78 is 42.1. The third kappa shape index (κ3) is 5.11. The summed E-state index contributed by atoms with van der Waals surface area (Å²) in [5.41, 5.74) is 2.49. The van der Waals surface area contributed by atoms with E-state index in [4.69, 9.17) is 0 Å². The summed E-state index contributed by atoms with van der Waals surface area (Å²) in [5, 5.41) is 3.91. The van der Waals surface area contributed by atoms with Crippen LogP contribution >= 0.6 is 0 Å². The van der Waals surface area contributed by atoms with Gasteiger partial charge in [-0.05, 0) is 43.7 Å². The van der Waals surface area contributed by atoms with Crippen molar-refractivity contribution in [3.05, 3.63) is 95.1 Å². The third-order valence-corrected chi connectivity index (χ3v) is 6.79. The standard InChI is InChI=1S/C25H23FN4O3S/c1-16-6-5-8-21-24(16)29-23(30-25(21)27-14-19-7-3-4-9-22(19)26)15-28-34(32,33)20-12-10-18(11-13-20)17(2)31/h3-13,28H,14-15H2,1-2H3,(H,27,29,30). The van der Waals surface area contributed by atoms with Crippen LogP contribution in [-0.4, -0.2) is 24.2 Å². The van der Waals surface area contributed by atoms with Crippen molar-refractivity contribution in [3.8, 4) is 0 Å². The lowest BCUT2D eigenvalue weighted by molar-refractivity contribution is 0.101. The predicted octanol–water partition coefficient (Wildman–Crippen LogP) is 4.37. The number of Topliss-reactive ketones (excluding diaryl/α,β-unsaturated/α-hetero) is 1. The van der Waals surface area contributed by atoms with E-state index < -0.39 is 10.0 Å². The molecule has 2 N–H and O–H groups in total. The Morgan fingerprint density at radius 1 is 0.941 bits per heavy atom. The number of hydrogen-bond acceptors (Lipinski definition) is 6. The number of carbonyl (C=O) groups is 1. The number of benzene rings is 3. The van der Waals surface area contributed by atoms with E-state index >= 15 is 0 Å². The van der Waals surface area contributed by atoms with Crippen LogP contribution < -0.4 is 10.0 Å². The summed E-state index contributed by atoms with van der Waals surface area (Å²) in [6.07, 6.45) is 0. The van der Waals surface area contributed by atoms with Gasteiger partial charge >= 0.3 is 0 Å². The van der Waals surface area contributed by atoms with Gasteiger partial charge in [0, 0.05) is 23.1 Å². The number of rotatable bonds is 8. The summed E-state index contributed by atoms with van der Waals surface area (Å²) in [7, 11) is -3.85. The van der Waals surface area contributed by atoms with Gasteiger partial charge in [0.25, 0.3) is 0 Å². The number of para-hydroxylation sites is 1. The van der Waals surface area contributed by atoms with Crippen LogP contribution in [0.1, 0.15) is 34.2 Å². The first-order valence-corrected chi connectivity index (χ1v) is 12.1. The molecule has 0 saturated carbocycles. The average Bonchev–Trinajstić information content (AvgIpc) is 2.83. The van der Waals surface area contributed by atoms with Gasteiger partial charge in [-0.2, -0.15) is 0 Å². The van der Waals surface area contributed by atoms with Crippen LogP contribution in [0.2, 0.25) is 0 Å². The van der Waals surface area contributed by atoms with E-state index in [1.165, 1.54) is 37.3 Å². The Kier molecular flexibility index (Phi) is 6.67. The summed E-state index contributed by atoms with van der Waals surface area (Å²) in [5.74, 6) is 0.277. The molecule has 0 spiro atoms. The molecule has 0 aliphatic rings. The lowest BCUT2D eigenvalue weighted by Gasteiger charge is -2.13. The van der Waals surface area contributed by atoms with E-state index in [-0.39, 0.29) is 35.4 Å². The van der Waals surface area contributed by atoms with Crippen molar-refractivity contribution in [2.45, 2.75) is 31.8 Å². The molecule has 7 nitrogen and oxygen atoms in total. The van der Waals surface area contributed by atoms with Gasteiger partial charge in [0.1, 0.15) is 17.5 Å². The fourth-order valence-electron chi connectivity index (χ4n) is 3.49. The highest BCUT2D eigenvalue weighted by molar-refractivity contribution is 7.89. The monoisotopic (exact) mass is 478 g/mol. The van der Waals surface area contributed by atoms with Crippen molar-refractivity contribution < 1.29 is 17.6 Å². The highest BCUT2D eigenvalue weighted by Crippen LogP contribution is 2.24. The van der Waals surface area contributed by atoms with E-state index in [0.29, 0.717) is 22.5 Å². The van der Waals surface area contributed by atoms with Crippen LogP contribution in [0.4, 0.5) is 10.2 Å². The maximum Gasteiger partial charge on any atom is 0.240 e. The van der Waals surface area contributed by atoms with Crippen LogP contribution in [0.25, 0.3) is 10.9 Å². The van der Waals surface area contributed by atoms with Crippen molar-refractivity contribution in [3.63, 3.8) is 0 Å². The van der Waals surface area contributed by atoms with Gasteiger partial charge in [-0.3, -0.25) is 4.79 Å². The second-order valence-corrected chi connectivity index (χ2v) is 9.58. The summed E-state index contributed by atoms with van der Waals surface area (Å²) in [6, 6.07) is 17.8. The zero-order chi connectivity index (χ0) is 24.3. The zero-order valence-corrected chi connectivity index (χ0v) is 19.5. The van der Waals surface area contributed by atoms with Crippen molar-refractivity contribution in [2.75, 3.05) is 5.32 Å². The third-order valence-electron chi connectivity index (χ3n) is 5.37. The van der Waals surface area contributed by atoms with Gasteiger partial charge in [-0.25, -0.2) is 27.5 Å². The highest BCUT2D eigenvalue weighted by Gasteiger charge is 2.17. The van der Waals surface area contributed by atoms with Gasteiger partial charge in [0.2, 0.25) is 10.0 Å². The molecule has 9 heteroatoms. The van der Waals surface area contributed by atoms with Gasteiger partial charge in [0.15, 0.2) is 5.78 Å². The predicted molar refractivity (Wildman–Crippen MR) is 128 cm³/mol. The molecule has 3 aromatic carbocycles. The molecule has 1 aromatic heterocycles. The molecule has 0 aliphatic carbocycles. The van der Waals surface area contributed by atoms with Gasteiger partial charge < -0.3 is 5.32 Å². The van der Waals surface area contributed by atoms with E-state index in [0.717, 1.165) is 10.9 Å². The fraction of sp³-hybridized carbons (Fsp3) is 0.160. The largest absolute Gasteiger partial charge is 0.365 e. The molecular weight excluding hydrogens is 455 g/mol. The van der Waals surface area contributed by atoms with Crippen molar-refractivity contribution in [1.29, 1.82) is 0 Å². The Morgan fingerprint density at radius 3 is 2.38 bits per heavy atom. The first-order valence-electron chi connectivity index (χ1n) is 10.6. The minimum Gasteiger partial charge on any atom is -0.365 e. The molecule has 4 rings (SSSR count). The van der Waals surface area contributed by atoms with E-state index in [9.17, 15) is 17.6 Å². The molecule has 0 unspecified atom stereocenters. The van der Waals surface area contributed by atoms with Gasteiger partial charge in [-0.15, -0.1) is 0 Å². The topological polar surface area (TPSA) is 101 Å². The van der Waals surface area contributed by atoms with Crippen LogP contribution in [0.15, 0.2) is 71.6 Å². The number of fused-ring (bicyclic) bond motifs is 1. The molecule has 0 aliphatic heterocycles. The summed E-state index contributed by atoms with van der Waals surface area (Å²) in [4.78, 5) is 20.5. The van der Waals surface area contributed by atoms with E-state index in [1.54, 1.807) is 18.2 Å². The number of aryl methyl sites for hydroxylation is 1. The van der Waals surface area contributed by atoms with Crippen LogP contribution in [0, 0.1) is 12.7 Å². The second-order valence-electron chi connectivity index (χ2n) is 7.81.